The third-order valence-corrected chi connectivity index (χ3v) is 4.95. The zero-order valence-electron chi connectivity index (χ0n) is 13.6. The van der Waals surface area contributed by atoms with Gasteiger partial charge >= 0.3 is 5.97 Å². The Hall–Kier alpha value is -1.80. The highest BCUT2D eigenvalue weighted by molar-refractivity contribution is 6.35. The van der Waals surface area contributed by atoms with E-state index in [-0.39, 0.29) is 5.97 Å². The highest BCUT2D eigenvalue weighted by atomic mass is 35.5. The molecule has 0 spiro atoms. The highest BCUT2D eigenvalue weighted by Gasteiger charge is 2.27. The zero-order chi connectivity index (χ0) is 16.4. The van der Waals surface area contributed by atoms with Gasteiger partial charge in [-0.3, -0.25) is 4.79 Å². The minimum absolute atomic E-state index is 0.332. The predicted molar refractivity (Wildman–Crippen MR) is 93.7 cm³/mol. The third kappa shape index (κ3) is 3.42. The monoisotopic (exact) mass is 328 g/mol. The lowest BCUT2D eigenvalue weighted by Crippen LogP contribution is -2.09. The summed E-state index contributed by atoms with van der Waals surface area (Å²) in [5, 5.41) is 0.529. The Balaban J connectivity index is 2.18. The summed E-state index contributed by atoms with van der Waals surface area (Å²) < 4.78 is 5.47. The van der Waals surface area contributed by atoms with Gasteiger partial charge in [0.2, 0.25) is 0 Å². The number of halogens is 1. The molecule has 0 N–H and O–H groups in total. The standard InChI is InChI=1S/C20H21ClO2/c1-13-11-16-9-6-10-17(16)12-18(15-7-4-3-5-8-15)19(21)20(13)23-14(2)22/h3-5,7-8,12,16H,6,9-11H2,1-2H3/b17-12-,19-18-,20-13+. The summed E-state index contributed by atoms with van der Waals surface area (Å²) in [5.41, 5.74) is 4.51. The van der Waals surface area contributed by atoms with Gasteiger partial charge in [0.1, 0.15) is 5.76 Å². The molecule has 1 fully saturated rings. The number of allylic oxidation sites excluding steroid dienone is 5. The van der Waals surface area contributed by atoms with Crippen molar-refractivity contribution in [3.63, 3.8) is 0 Å². The maximum absolute atomic E-state index is 11.5. The van der Waals surface area contributed by atoms with Crippen LogP contribution in [0.4, 0.5) is 0 Å². The van der Waals surface area contributed by atoms with E-state index in [1.165, 1.54) is 25.3 Å². The van der Waals surface area contributed by atoms with Gasteiger partial charge in [-0.25, -0.2) is 0 Å². The lowest BCUT2D eigenvalue weighted by Gasteiger charge is -2.21. The number of rotatable bonds is 2. The van der Waals surface area contributed by atoms with Gasteiger partial charge in [0, 0.05) is 12.5 Å². The van der Waals surface area contributed by atoms with E-state index in [0.29, 0.717) is 16.7 Å². The van der Waals surface area contributed by atoms with E-state index in [2.05, 4.69) is 6.08 Å². The molecule has 2 nitrogen and oxygen atoms in total. The molecule has 3 rings (SSSR count). The molecule has 2 aliphatic rings. The van der Waals surface area contributed by atoms with Crippen molar-refractivity contribution >= 4 is 23.1 Å². The number of carbonyl (C=O) groups is 1. The molecular weight excluding hydrogens is 308 g/mol. The SMILES string of the molecule is CC(=O)OC1=C(\C)CC2CCC/C2=C/C(c2ccccc2)=C\1Cl. The first-order valence-electron chi connectivity index (χ1n) is 8.10. The Morgan fingerprint density at radius 1 is 1.26 bits per heavy atom. The number of esters is 1. The van der Waals surface area contributed by atoms with Crippen LogP contribution in [0.25, 0.3) is 5.57 Å². The molecule has 2 aliphatic carbocycles. The fourth-order valence-electron chi connectivity index (χ4n) is 3.49. The van der Waals surface area contributed by atoms with E-state index >= 15 is 0 Å². The van der Waals surface area contributed by atoms with Crippen molar-refractivity contribution in [1.29, 1.82) is 0 Å². The molecule has 0 aliphatic heterocycles. The first kappa shape index (κ1) is 16.1. The second-order valence-electron chi connectivity index (χ2n) is 6.31. The largest absolute Gasteiger partial charge is 0.425 e. The number of ether oxygens (including phenoxy) is 1. The lowest BCUT2D eigenvalue weighted by molar-refractivity contribution is -0.136. The molecule has 1 aromatic carbocycles. The van der Waals surface area contributed by atoms with Crippen LogP contribution >= 0.6 is 11.6 Å². The minimum Gasteiger partial charge on any atom is -0.425 e. The van der Waals surface area contributed by atoms with Gasteiger partial charge < -0.3 is 4.74 Å². The van der Waals surface area contributed by atoms with Crippen molar-refractivity contribution in [2.24, 2.45) is 5.92 Å². The van der Waals surface area contributed by atoms with Crippen LogP contribution in [0.1, 0.15) is 45.1 Å². The molecule has 0 bridgehead atoms. The number of hydrogen-bond donors (Lipinski definition) is 0. The Kier molecular flexibility index (Phi) is 4.72. The first-order valence-corrected chi connectivity index (χ1v) is 8.48. The van der Waals surface area contributed by atoms with Gasteiger partial charge in [-0.05, 0) is 49.7 Å². The van der Waals surface area contributed by atoms with Crippen LogP contribution in [0.2, 0.25) is 0 Å². The van der Waals surface area contributed by atoms with Crippen LogP contribution in [-0.4, -0.2) is 5.97 Å². The summed E-state index contributed by atoms with van der Waals surface area (Å²) in [4.78, 5) is 11.5. The first-order chi connectivity index (χ1) is 11.1. The molecular formula is C20H21ClO2. The van der Waals surface area contributed by atoms with Crippen LogP contribution in [0.15, 0.2) is 58.3 Å². The Morgan fingerprint density at radius 2 is 2.00 bits per heavy atom. The number of carbonyl (C=O) groups excluding carboxylic acids is 1. The predicted octanol–water partition coefficient (Wildman–Crippen LogP) is 5.60. The van der Waals surface area contributed by atoms with Crippen molar-refractivity contribution in [3.8, 4) is 0 Å². The average molecular weight is 329 g/mol. The van der Waals surface area contributed by atoms with Gasteiger partial charge in [-0.2, -0.15) is 0 Å². The fraction of sp³-hybridized carbons (Fsp3) is 0.350. The summed E-state index contributed by atoms with van der Waals surface area (Å²) in [7, 11) is 0. The van der Waals surface area contributed by atoms with E-state index in [1.807, 2.05) is 37.3 Å². The summed E-state index contributed by atoms with van der Waals surface area (Å²) in [6, 6.07) is 10.1. The van der Waals surface area contributed by atoms with Gasteiger partial charge in [0.25, 0.3) is 0 Å². The highest BCUT2D eigenvalue weighted by Crippen LogP contribution is 2.42. The van der Waals surface area contributed by atoms with Crippen LogP contribution in [0.5, 0.6) is 0 Å². The topological polar surface area (TPSA) is 26.3 Å². The molecule has 1 aromatic rings. The van der Waals surface area contributed by atoms with E-state index in [4.69, 9.17) is 16.3 Å². The number of hydrogen-bond acceptors (Lipinski definition) is 2. The minimum atomic E-state index is -0.332. The van der Waals surface area contributed by atoms with Crippen molar-refractivity contribution in [2.45, 2.75) is 39.5 Å². The molecule has 0 amide bonds. The molecule has 0 aromatic heterocycles. The van der Waals surface area contributed by atoms with Crippen LogP contribution < -0.4 is 0 Å². The van der Waals surface area contributed by atoms with Gasteiger partial charge in [0.05, 0.1) is 5.03 Å². The maximum Gasteiger partial charge on any atom is 0.308 e. The summed E-state index contributed by atoms with van der Waals surface area (Å²) in [6.07, 6.45) is 6.65. The van der Waals surface area contributed by atoms with E-state index in [0.717, 1.165) is 29.6 Å². The second kappa shape index (κ2) is 6.76. The van der Waals surface area contributed by atoms with E-state index in [1.54, 1.807) is 0 Å². The molecule has 120 valence electrons. The lowest BCUT2D eigenvalue weighted by atomic mass is 9.88. The van der Waals surface area contributed by atoms with Gasteiger partial charge in [-0.15, -0.1) is 0 Å². The molecule has 0 radical (unpaired) electrons. The average Bonchev–Trinajstić information content (AvgIpc) is 2.96. The van der Waals surface area contributed by atoms with Crippen molar-refractivity contribution in [3.05, 3.63) is 63.9 Å². The third-order valence-electron chi connectivity index (χ3n) is 4.58. The van der Waals surface area contributed by atoms with Gasteiger partial charge in [-0.1, -0.05) is 53.6 Å². The fourth-order valence-corrected chi connectivity index (χ4v) is 3.85. The van der Waals surface area contributed by atoms with E-state index in [9.17, 15) is 4.79 Å². The Bertz CT molecular complexity index is 710. The van der Waals surface area contributed by atoms with Crippen molar-refractivity contribution in [1.82, 2.24) is 0 Å². The number of benzene rings is 1. The maximum atomic E-state index is 11.5. The van der Waals surface area contributed by atoms with Crippen molar-refractivity contribution in [2.75, 3.05) is 0 Å². The summed E-state index contributed by atoms with van der Waals surface area (Å²) in [6.45, 7) is 3.44. The summed E-state index contributed by atoms with van der Waals surface area (Å²) in [5.74, 6) is 0.727. The Morgan fingerprint density at radius 3 is 2.70 bits per heavy atom. The van der Waals surface area contributed by atoms with E-state index < -0.39 is 0 Å². The molecule has 3 heteroatoms. The quantitative estimate of drug-likeness (QED) is 0.660. The van der Waals surface area contributed by atoms with Crippen LogP contribution in [-0.2, 0) is 9.53 Å². The molecule has 1 saturated carbocycles. The molecule has 1 atom stereocenters. The molecule has 1 unspecified atom stereocenters. The smallest absolute Gasteiger partial charge is 0.308 e. The molecule has 0 saturated heterocycles. The summed E-state index contributed by atoms with van der Waals surface area (Å²) >= 11 is 6.69. The zero-order valence-corrected chi connectivity index (χ0v) is 14.3. The molecule has 23 heavy (non-hydrogen) atoms. The normalized spacial score (nSPS) is 30.0. The Labute approximate surface area is 142 Å². The van der Waals surface area contributed by atoms with Crippen LogP contribution in [0, 0.1) is 5.92 Å². The van der Waals surface area contributed by atoms with Crippen LogP contribution in [0.3, 0.4) is 0 Å². The molecule has 0 heterocycles. The van der Waals surface area contributed by atoms with Gasteiger partial charge in [0.15, 0.2) is 0 Å². The second-order valence-corrected chi connectivity index (χ2v) is 6.69. The van der Waals surface area contributed by atoms with Crippen molar-refractivity contribution < 1.29 is 9.53 Å². The number of fused-ring (bicyclic) bond motifs is 1.